The van der Waals surface area contributed by atoms with Gasteiger partial charge in [-0.3, -0.25) is 14.4 Å². The third-order valence-corrected chi connectivity index (χ3v) is 6.38. The molecule has 2 aliphatic rings. The molecule has 1 fully saturated rings. The quantitative estimate of drug-likeness (QED) is 0.673. The highest BCUT2D eigenvalue weighted by Gasteiger charge is 2.60. The standard InChI is InChI=1S/C25H33NO6/c1-6-31-23(30)25-14-18(12-21(27)28)22(29)26(15-17-10-8-7-9-11-17)19(25)13-20(24(3,4)5)32-16(25)2/h7-11,13,16,18,20H,6,12,14-15H2,1-5H3,(H,27,28)/t16-,18-,20-,25+/m0/s1. The molecule has 4 atom stereocenters. The van der Waals surface area contributed by atoms with Crippen LogP contribution in [0.2, 0.25) is 0 Å². The molecule has 0 saturated carbocycles. The monoisotopic (exact) mass is 443 g/mol. The van der Waals surface area contributed by atoms with E-state index in [-0.39, 0.29) is 43.4 Å². The lowest BCUT2D eigenvalue weighted by atomic mass is 9.65. The number of rotatable bonds is 6. The highest BCUT2D eigenvalue weighted by Crippen LogP contribution is 2.52. The van der Waals surface area contributed by atoms with Gasteiger partial charge in [0.2, 0.25) is 5.91 Å². The maximum Gasteiger partial charge on any atom is 0.320 e. The molecule has 1 amide bonds. The van der Waals surface area contributed by atoms with Crippen LogP contribution in [0.25, 0.3) is 0 Å². The van der Waals surface area contributed by atoms with Crippen molar-refractivity contribution in [3.8, 4) is 0 Å². The van der Waals surface area contributed by atoms with Crippen molar-refractivity contribution in [2.45, 2.75) is 66.2 Å². The van der Waals surface area contributed by atoms with E-state index in [0.717, 1.165) is 5.56 Å². The third-order valence-electron chi connectivity index (χ3n) is 6.38. The van der Waals surface area contributed by atoms with E-state index < -0.39 is 29.4 Å². The second-order valence-electron chi connectivity index (χ2n) is 9.72. The van der Waals surface area contributed by atoms with Crippen LogP contribution >= 0.6 is 0 Å². The van der Waals surface area contributed by atoms with Crippen LogP contribution in [0.5, 0.6) is 0 Å². The van der Waals surface area contributed by atoms with E-state index in [1.165, 1.54) is 0 Å². The van der Waals surface area contributed by atoms with Crippen LogP contribution < -0.4 is 0 Å². The summed E-state index contributed by atoms with van der Waals surface area (Å²) in [5, 5.41) is 9.46. The lowest BCUT2D eigenvalue weighted by molar-refractivity contribution is -0.182. The summed E-state index contributed by atoms with van der Waals surface area (Å²) >= 11 is 0. The zero-order valence-corrected chi connectivity index (χ0v) is 19.5. The number of ether oxygens (including phenoxy) is 2. The Morgan fingerprint density at radius 2 is 1.91 bits per heavy atom. The minimum atomic E-state index is -1.25. The zero-order valence-electron chi connectivity index (χ0n) is 19.5. The van der Waals surface area contributed by atoms with Gasteiger partial charge >= 0.3 is 11.9 Å². The van der Waals surface area contributed by atoms with Crippen molar-refractivity contribution in [1.82, 2.24) is 4.90 Å². The predicted octanol–water partition coefficient (Wildman–Crippen LogP) is 3.78. The number of benzene rings is 1. The van der Waals surface area contributed by atoms with Gasteiger partial charge in [0, 0.05) is 5.70 Å². The minimum Gasteiger partial charge on any atom is -0.481 e. The van der Waals surface area contributed by atoms with Crippen LogP contribution in [0.4, 0.5) is 0 Å². The molecule has 3 rings (SSSR count). The normalized spacial score (nSPS) is 28.0. The average molecular weight is 444 g/mol. The number of amides is 1. The maximum absolute atomic E-state index is 13.5. The molecule has 0 bridgehead atoms. The summed E-state index contributed by atoms with van der Waals surface area (Å²) in [6, 6.07) is 9.48. The van der Waals surface area contributed by atoms with E-state index in [1.54, 1.807) is 11.8 Å². The second-order valence-corrected chi connectivity index (χ2v) is 9.72. The fraction of sp³-hybridized carbons (Fsp3) is 0.560. The van der Waals surface area contributed by atoms with Crippen molar-refractivity contribution in [1.29, 1.82) is 0 Å². The van der Waals surface area contributed by atoms with Gasteiger partial charge in [-0.15, -0.1) is 0 Å². The number of hydrogen-bond acceptors (Lipinski definition) is 5. The van der Waals surface area contributed by atoms with Gasteiger partial charge < -0.3 is 19.5 Å². The number of esters is 1. The van der Waals surface area contributed by atoms with Crippen LogP contribution in [0, 0.1) is 16.7 Å². The van der Waals surface area contributed by atoms with Gasteiger partial charge in [-0.2, -0.15) is 0 Å². The Labute approximate surface area is 189 Å². The number of carboxylic acid groups (broad SMARTS) is 1. The highest BCUT2D eigenvalue weighted by molar-refractivity contribution is 5.92. The molecule has 0 aromatic heterocycles. The van der Waals surface area contributed by atoms with Gasteiger partial charge in [-0.1, -0.05) is 51.1 Å². The Morgan fingerprint density at radius 3 is 2.47 bits per heavy atom. The molecular formula is C25H33NO6. The molecule has 32 heavy (non-hydrogen) atoms. The van der Waals surface area contributed by atoms with Crippen LogP contribution in [-0.2, 0) is 30.4 Å². The van der Waals surface area contributed by atoms with Crippen LogP contribution in [0.15, 0.2) is 42.1 Å². The maximum atomic E-state index is 13.5. The molecule has 1 saturated heterocycles. The van der Waals surface area contributed by atoms with Gasteiger partial charge in [-0.05, 0) is 37.3 Å². The second kappa shape index (κ2) is 9.06. The smallest absolute Gasteiger partial charge is 0.320 e. The molecule has 174 valence electrons. The Morgan fingerprint density at radius 1 is 1.25 bits per heavy atom. The van der Waals surface area contributed by atoms with Crippen molar-refractivity contribution in [3.63, 3.8) is 0 Å². The van der Waals surface area contributed by atoms with Gasteiger partial charge in [0.15, 0.2) is 0 Å². The fourth-order valence-electron chi connectivity index (χ4n) is 4.66. The molecule has 7 heteroatoms. The number of aliphatic carboxylic acids is 1. The molecule has 1 aromatic carbocycles. The van der Waals surface area contributed by atoms with Crippen molar-refractivity contribution in [2.75, 3.05) is 6.61 Å². The first-order valence-corrected chi connectivity index (χ1v) is 11.1. The molecule has 2 heterocycles. The fourth-order valence-corrected chi connectivity index (χ4v) is 4.66. The summed E-state index contributed by atoms with van der Waals surface area (Å²) in [5.41, 5.74) is -0.0609. The number of nitrogens with zero attached hydrogens (tertiary/aromatic N) is 1. The molecule has 0 aliphatic carbocycles. The summed E-state index contributed by atoms with van der Waals surface area (Å²) in [7, 11) is 0. The first-order chi connectivity index (χ1) is 15.0. The topological polar surface area (TPSA) is 93.1 Å². The van der Waals surface area contributed by atoms with Crippen molar-refractivity contribution in [3.05, 3.63) is 47.7 Å². The lowest BCUT2D eigenvalue weighted by Crippen LogP contribution is -2.60. The molecule has 0 spiro atoms. The number of fused-ring (bicyclic) bond motifs is 1. The number of likely N-dealkylation sites (tertiary alicyclic amines) is 1. The zero-order chi connectivity index (χ0) is 23.7. The third kappa shape index (κ3) is 4.44. The summed E-state index contributed by atoms with van der Waals surface area (Å²) in [6.45, 7) is 10.1. The van der Waals surface area contributed by atoms with Crippen molar-refractivity contribution >= 4 is 17.8 Å². The van der Waals surface area contributed by atoms with E-state index in [2.05, 4.69) is 0 Å². The van der Waals surface area contributed by atoms with Crippen LogP contribution in [-0.4, -0.2) is 46.7 Å². The van der Waals surface area contributed by atoms with Gasteiger partial charge in [-0.25, -0.2) is 0 Å². The largest absolute Gasteiger partial charge is 0.481 e. The molecule has 7 nitrogen and oxygen atoms in total. The van der Waals surface area contributed by atoms with E-state index in [9.17, 15) is 19.5 Å². The van der Waals surface area contributed by atoms with E-state index in [4.69, 9.17) is 9.47 Å². The number of hydrogen-bond donors (Lipinski definition) is 1. The van der Waals surface area contributed by atoms with E-state index >= 15 is 0 Å². The first-order valence-electron chi connectivity index (χ1n) is 11.1. The van der Waals surface area contributed by atoms with E-state index in [0.29, 0.717) is 5.70 Å². The summed E-state index contributed by atoms with van der Waals surface area (Å²) in [4.78, 5) is 40.1. The number of carboxylic acids is 1. The minimum absolute atomic E-state index is 0.0477. The summed E-state index contributed by atoms with van der Waals surface area (Å²) in [5.74, 6) is -2.70. The molecule has 2 aliphatic heterocycles. The lowest BCUT2D eigenvalue weighted by Gasteiger charge is -2.53. The van der Waals surface area contributed by atoms with Gasteiger partial charge in [0.25, 0.3) is 0 Å². The summed E-state index contributed by atoms with van der Waals surface area (Å²) in [6.07, 6.45) is 0.653. The number of carbonyl (C=O) groups is 3. The Bertz CT molecular complexity index is 903. The Balaban J connectivity index is 2.19. The first kappa shape index (κ1) is 24.0. The Hall–Kier alpha value is -2.67. The van der Waals surface area contributed by atoms with Crippen LogP contribution in [0.3, 0.4) is 0 Å². The van der Waals surface area contributed by atoms with E-state index in [1.807, 2.05) is 64.1 Å². The molecule has 1 N–H and O–H groups in total. The van der Waals surface area contributed by atoms with Gasteiger partial charge in [0.1, 0.15) is 5.41 Å². The molecule has 0 radical (unpaired) electrons. The molecule has 1 aromatic rings. The van der Waals surface area contributed by atoms with Crippen molar-refractivity contribution in [2.24, 2.45) is 16.7 Å². The van der Waals surface area contributed by atoms with Crippen LogP contribution in [0.1, 0.15) is 53.0 Å². The van der Waals surface area contributed by atoms with Crippen molar-refractivity contribution < 1.29 is 29.0 Å². The number of piperidine rings is 1. The summed E-state index contributed by atoms with van der Waals surface area (Å²) < 4.78 is 11.8. The molecular weight excluding hydrogens is 410 g/mol. The average Bonchev–Trinajstić information content (AvgIpc) is 2.71. The molecule has 0 unspecified atom stereocenters. The highest BCUT2D eigenvalue weighted by atomic mass is 16.5. The Kier molecular flexibility index (Phi) is 6.79. The number of carbonyl (C=O) groups excluding carboxylic acids is 2. The van der Waals surface area contributed by atoms with Gasteiger partial charge in [0.05, 0.1) is 37.7 Å². The predicted molar refractivity (Wildman–Crippen MR) is 118 cm³/mol. The SMILES string of the molecule is CCOC(=O)[C@@]12C[C@H](CC(=O)O)C(=O)N(Cc3ccccc3)C1=C[C@@H](C(C)(C)C)O[C@H]2C.